The molecule has 0 saturated carbocycles. The fourth-order valence-corrected chi connectivity index (χ4v) is 25.0. The van der Waals surface area contributed by atoms with Gasteiger partial charge in [0, 0.05) is 21.5 Å². The van der Waals surface area contributed by atoms with Gasteiger partial charge in [-0.05, 0) is 97.3 Å². The molecule has 0 aliphatic rings. The number of rotatable bonds is 16. The van der Waals surface area contributed by atoms with E-state index in [4.69, 9.17) is 34.6 Å². The van der Waals surface area contributed by atoms with Crippen molar-refractivity contribution in [2.75, 3.05) is 0 Å². The normalized spacial score (nSPS) is 11.2. The molecule has 16 heteroatoms. The molecule has 3 aromatic heterocycles. The smallest absolute Gasteiger partial charge is 0.124 e. The first kappa shape index (κ1) is 117. The Morgan fingerprint density at radius 2 is 0.599 bits per heavy atom. The van der Waals surface area contributed by atoms with E-state index in [0.717, 1.165) is 122 Å². The molecule has 18 aromatic rings. The Balaban J connectivity index is 0.000000175. The first-order valence-electron chi connectivity index (χ1n) is 50.4. The minimum absolute atomic E-state index is 0.0811. The fourth-order valence-electron chi connectivity index (χ4n) is 16.1. The topological polar surface area (TPSA) is 149 Å². The monoisotopic (exact) mass is 2430 g/mol. The average molecular weight is 2430 g/mol. The predicted octanol–water partition coefficient (Wildman–Crippen LogP) is 37.9. The zero-order valence-corrected chi connectivity index (χ0v) is 101. The van der Waals surface area contributed by atoms with E-state index in [9.17, 15) is 15.3 Å². The molecule has 0 unspecified atom stereocenters. The maximum atomic E-state index is 10.6. The van der Waals surface area contributed by atoms with Crippen LogP contribution >= 0.6 is 23.2 Å². The third-order valence-corrected chi connectivity index (χ3v) is 39.9. The van der Waals surface area contributed by atoms with E-state index in [1.165, 1.54) is 44.8 Å². The zero-order chi connectivity index (χ0) is 107. The van der Waals surface area contributed by atoms with Gasteiger partial charge in [0.05, 0.1) is 0 Å². The van der Waals surface area contributed by atoms with Gasteiger partial charge in [-0.2, -0.15) is 34.2 Å². The number of nitrogens with zero attached hydrogens (tertiary/aromatic N) is 6. The van der Waals surface area contributed by atoms with Crippen LogP contribution in [0.3, 0.4) is 0 Å². The summed E-state index contributed by atoms with van der Waals surface area (Å²) in [7, 11) is -2.00. The third-order valence-electron chi connectivity index (χ3n) is 25.1. The molecular formula is C131H147Cl2MoN6O4SiW2-3. The molecule has 764 valence electrons. The van der Waals surface area contributed by atoms with Crippen LogP contribution < -0.4 is 19.4 Å². The van der Waals surface area contributed by atoms with E-state index in [-0.39, 0.29) is 21.3 Å². The van der Waals surface area contributed by atoms with Crippen molar-refractivity contribution < 1.29 is 73.5 Å². The molecule has 0 amide bonds. The number of halogens is 2. The molecule has 3 N–H and O–H groups in total. The van der Waals surface area contributed by atoms with Gasteiger partial charge in [0.1, 0.15) is 23.0 Å². The maximum Gasteiger partial charge on any atom is 0.124 e. The first-order valence-corrected chi connectivity index (χ1v) is 62.2. The number of aryl methyl sites for hydroxylation is 6. The SMILES string of the molecule is CC(C)(C)[CH]=[W]=[N]c1c(Cl)cccc1Cl.CC(C)(C)[Si](C)(C)Oc1cccc2cccc(-c3cccc4cccc(O)c34)c12.CC(C)c1cccc(C(C)C)c1[N]=[Mo]=[CH]C(C)(C)c1ccccc1.CC(C)c1cccc(C(C)C)c1[N]=[W]=[CH]C(C)(C)c1ccccc1.Cc1ccc(C)[n-]1.Cc1ccc(C)[n-]1.Cc1ccc(C)[n-]1.Oc1cccc2cccc(-c3ccccc3)c12.Oc1cccc2cccc(-c3ccccc3)c12. The minimum atomic E-state index is -2.00. The van der Waals surface area contributed by atoms with Gasteiger partial charge in [-0.1, -0.05) is 281 Å². The molecule has 0 aliphatic heterocycles. The van der Waals surface area contributed by atoms with Crippen molar-refractivity contribution in [2.24, 2.45) is 15.9 Å². The largest absolute Gasteiger partial charge is 0.665 e. The molecule has 0 bridgehead atoms. The molecule has 0 spiro atoms. The summed E-state index contributed by atoms with van der Waals surface area (Å²) in [4.78, 5) is 12.3. The molecule has 3 heterocycles. The Hall–Kier alpha value is -11.7. The van der Waals surface area contributed by atoms with Gasteiger partial charge in [-0.3, -0.25) is 0 Å². The summed E-state index contributed by atoms with van der Waals surface area (Å²) in [5.41, 5.74) is 25.2. The Morgan fingerprint density at radius 3 is 0.939 bits per heavy atom. The summed E-state index contributed by atoms with van der Waals surface area (Å²) in [6.45, 7) is 57.1. The molecule has 15 aromatic carbocycles. The zero-order valence-electron chi connectivity index (χ0n) is 90.5. The van der Waals surface area contributed by atoms with Gasteiger partial charge in [0.2, 0.25) is 0 Å². The van der Waals surface area contributed by atoms with Crippen LogP contribution in [-0.4, -0.2) is 36.8 Å². The second kappa shape index (κ2) is 55.5. The summed E-state index contributed by atoms with van der Waals surface area (Å²) in [6.07, 6.45) is 0. The summed E-state index contributed by atoms with van der Waals surface area (Å²) >= 11 is 9.71. The summed E-state index contributed by atoms with van der Waals surface area (Å²) in [5, 5.41) is 40.2. The van der Waals surface area contributed by atoms with Gasteiger partial charge >= 0.3 is 420 Å². The molecule has 0 radical (unpaired) electrons. The predicted molar refractivity (Wildman–Crippen MR) is 625 cm³/mol. The Kier molecular flexibility index (Phi) is 44.2. The maximum absolute atomic E-state index is 10.6. The van der Waals surface area contributed by atoms with Crippen molar-refractivity contribution >= 4 is 105 Å². The van der Waals surface area contributed by atoms with Crippen molar-refractivity contribution in [3.8, 4) is 56.4 Å². The summed E-state index contributed by atoms with van der Waals surface area (Å²) in [6, 6.07) is 120. The number of phenols is 3. The van der Waals surface area contributed by atoms with Crippen LogP contribution in [-0.2, 0) is 64.6 Å². The standard InChI is InChI=1S/C26H28O2Si.2C16H12O.2C12H17N.2C10H12.C6H3Cl2N.3C6H8N.C5H10.Mo.2W/c1-26(2,3)29(4,5)28-23-17-9-13-19-11-7-15-21(25(19)23)20-14-6-10-18-12-8-16-22(27)24(18)20;2*17-15-11-5-9-13-8-4-10-14(16(13)15)12-6-2-1-3-7-12;2*1-8(2)10-6-5-7-11(9(3)4)12(10)13;2*1-10(2,3)9-7-5-4-6-8-9;7-4-2-1-3-5(8)6(4)9;3*1-5-3-4-6(2)7-5;1-5(2,3)4;;;/h6-17,27H,1-5H3;2*1-11,17H;2*5-9H,1-4H3;2*1,4-8H,2-3H3;1-3H;3*3-4H,1-2H3;1H,2-4H3;;;/q;;;;;;;;3*-1;;;;. The average Bonchev–Trinajstić information content (AvgIpc) is 0.927. The van der Waals surface area contributed by atoms with E-state index < -0.39 is 62.1 Å². The van der Waals surface area contributed by atoms with E-state index in [0.29, 0.717) is 51.0 Å². The van der Waals surface area contributed by atoms with E-state index >= 15 is 0 Å². The number of aromatic nitrogens is 3. The molecule has 147 heavy (non-hydrogen) atoms. The summed E-state index contributed by atoms with van der Waals surface area (Å²) < 4.78 is 28.8. The fraction of sp³-hybridized carbons (Fsp3) is 0.260. The van der Waals surface area contributed by atoms with Gasteiger partial charge in [-0.15, -0.1) is 0 Å². The summed E-state index contributed by atoms with van der Waals surface area (Å²) in [5.74, 6) is 3.96. The molecule has 0 fully saturated rings. The van der Waals surface area contributed by atoms with Gasteiger partial charge in [-0.25, -0.2) is 0 Å². The van der Waals surface area contributed by atoms with Crippen LogP contribution in [0.5, 0.6) is 23.0 Å². The number of hydrogen-bond donors (Lipinski definition) is 3. The quantitative estimate of drug-likeness (QED) is 0.0816. The van der Waals surface area contributed by atoms with Crippen LogP contribution in [0.1, 0.15) is 216 Å². The molecular weight excluding hydrogens is 2280 g/mol. The third kappa shape index (κ3) is 34.7. The van der Waals surface area contributed by atoms with E-state index in [1.54, 1.807) is 18.2 Å². The number of phenolic OH excluding ortho intramolecular Hbond substituents is 3. The minimum Gasteiger partial charge on any atom is -0.665 e. The Morgan fingerprint density at radius 1 is 0.313 bits per heavy atom. The van der Waals surface area contributed by atoms with E-state index in [2.05, 4.69) is 333 Å². The molecule has 0 atom stereocenters. The Bertz CT molecular complexity index is 7050. The van der Waals surface area contributed by atoms with Crippen molar-refractivity contribution in [1.29, 1.82) is 0 Å². The van der Waals surface area contributed by atoms with Gasteiger partial charge in [0.15, 0.2) is 0 Å². The molecule has 18 rings (SSSR count). The van der Waals surface area contributed by atoms with Crippen molar-refractivity contribution in [3.63, 3.8) is 0 Å². The van der Waals surface area contributed by atoms with Crippen LogP contribution in [0.4, 0.5) is 17.1 Å². The second-order valence-corrected chi connectivity index (χ2v) is 53.3. The van der Waals surface area contributed by atoms with Crippen molar-refractivity contribution in [3.05, 3.63) is 436 Å². The Labute approximate surface area is 911 Å². The first-order chi connectivity index (χ1) is 69.8. The number of hydrogen-bond acceptors (Lipinski definition) is 7. The number of aromatic hydroxyl groups is 3. The van der Waals surface area contributed by atoms with Crippen LogP contribution in [0, 0.1) is 47.0 Å². The molecule has 0 aliphatic carbocycles. The second-order valence-electron chi connectivity index (χ2n) is 41.7. The van der Waals surface area contributed by atoms with Crippen LogP contribution in [0.25, 0.3) is 76.5 Å². The van der Waals surface area contributed by atoms with Crippen molar-refractivity contribution in [1.82, 2.24) is 15.0 Å². The molecule has 0 saturated heterocycles. The van der Waals surface area contributed by atoms with Crippen LogP contribution in [0.2, 0.25) is 28.2 Å². The molecule has 10 nitrogen and oxygen atoms in total. The number of benzene rings is 15. The van der Waals surface area contributed by atoms with Crippen LogP contribution in [0.15, 0.2) is 368 Å². The van der Waals surface area contributed by atoms with Gasteiger partial charge in [0.25, 0.3) is 8.32 Å². The van der Waals surface area contributed by atoms with E-state index in [1.807, 2.05) is 217 Å². The van der Waals surface area contributed by atoms with Gasteiger partial charge < -0.3 is 34.7 Å². The van der Waals surface area contributed by atoms with Crippen molar-refractivity contribution in [2.45, 2.75) is 219 Å². The number of fused-ring (bicyclic) bond motifs is 4.